The summed E-state index contributed by atoms with van der Waals surface area (Å²) in [4.78, 5) is 12.6. The standard InChI is InChI=1S/C16H16OS/c1-12(2)14-8-5-13(6-9-14)7-10-15(17)16-4-3-11-18-16/h3-12H,1-2H3/b10-7+. The Morgan fingerprint density at radius 1 is 1.17 bits per heavy atom. The number of thiophene rings is 1. The molecule has 1 aromatic carbocycles. The van der Waals surface area contributed by atoms with Crippen LogP contribution in [0.1, 0.15) is 40.6 Å². The Morgan fingerprint density at radius 2 is 1.89 bits per heavy atom. The van der Waals surface area contributed by atoms with Gasteiger partial charge in [-0.15, -0.1) is 11.3 Å². The lowest BCUT2D eigenvalue weighted by Crippen LogP contribution is -1.89. The summed E-state index contributed by atoms with van der Waals surface area (Å²) in [5.74, 6) is 0.605. The van der Waals surface area contributed by atoms with Gasteiger partial charge in [-0.05, 0) is 34.6 Å². The lowest BCUT2D eigenvalue weighted by atomic mass is 10.0. The molecule has 0 aliphatic heterocycles. The van der Waals surface area contributed by atoms with E-state index in [1.807, 2.05) is 35.7 Å². The van der Waals surface area contributed by atoms with Gasteiger partial charge in [-0.1, -0.05) is 50.3 Å². The number of hydrogen-bond donors (Lipinski definition) is 0. The van der Waals surface area contributed by atoms with Crippen LogP contribution in [-0.2, 0) is 0 Å². The minimum absolute atomic E-state index is 0.0675. The number of hydrogen-bond acceptors (Lipinski definition) is 2. The maximum absolute atomic E-state index is 11.8. The van der Waals surface area contributed by atoms with Crippen molar-refractivity contribution >= 4 is 23.2 Å². The maximum Gasteiger partial charge on any atom is 0.195 e. The van der Waals surface area contributed by atoms with E-state index in [9.17, 15) is 4.79 Å². The van der Waals surface area contributed by atoms with Crippen LogP contribution in [0.4, 0.5) is 0 Å². The quantitative estimate of drug-likeness (QED) is 0.569. The molecule has 0 aliphatic carbocycles. The van der Waals surface area contributed by atoms with E-state index in [0.29, 0.717) is 5.92 Å². The van der Waals surface area contributed by atoms with E-state index >= 15 is 0 Å². The Balaban J connectivity index is 2.07. The molecule has 0 saturated carbocycles. The lowest BCUT2D eigenvalue weighted by molar-refractivity contribution is 0.105. The Kier molecular flexibility index (Phi) is 4.11. The van der Waals surface area contributed by atoms with Gasteiger partial charge >= 0.3 is 0 Å². The van der Waals surface area contributed by atoms with Gasteiger partial charge in [-0.2, -0.15) is 0 Å². The number of rotatable bonds is 4. The van der Waals surface area contributed by atoms with Crippen molar-refractivity contribution in [1.29, 1.82) is 0 Å². The summed E-state index contributed by atoms with van der Waals surface area (Å²) in [6, 6.07) is 12.1. The highest BCUT2D eigenvalue weighted by Crippen LogP contribution is 2.16. The SMILES string of the molecule is CC(C)c1ccc(/C=C/C(=O)c2cccs2)cc1. The first-order valence-electron chi connectivity index (χ1n) is 6.02. The molecule has 2 rings (SSSR count). The normalized spacial score (nSPS) is 11.3. The summed E-state index contributed by atoms with van der Waals surface area (Å²) >= 11 is 1.47. The Hall–Kier alpha value is -1.67. The number of benzene rings is 1. The summed E-state index contributed by atoms with van der Waals surface area (Å²) in [6.45, 7) is 4.34. The van der Waals surface area contributed by atoms with E-state index < -0.39 is 0 Å². The van der Waals surface area contributed by atoms with E-state index in [1.54, 1.807) is 6.08 Å². The largest absolute Gasteiger partial charge is 0.288 e. The zero-order chi connectivity index (χ0) is 13.0. The Labute approximate surface area is 112 Å². The molecule has 0 radical (unpaired) electrons. The molecule has 0 amide bonds. The van der Waals surface area contributed by atoms with Gasteiger partial charge in [0.05, 0.1) is 4.88 Å². The van der Waals surface area contributed by atoms with Crippen LogP contribution in [0.5, 0.6) is 0 Å². The van der Waals surface area contributed by atoms with E-state index in [-0.39, 0.29) is 5.78 Å². The molecular weight excluding hydrogens is 240 g/mol. The van der Waals surface area contributed by atoms with Crippen molar-refractivity contribution in [2.24, 2.45) is 0 Å². The van der Waals surface area contributed by atoms with E-state index in [2.05, 4.69) is 26.0 Å². The average Bonchev–Trinajstić information content (AvgIpc) is 2.90. The van der Waals surface area contributed by atoms with Gasteiger partial charge in [0.1, 0.15) is 0 Å². The predicted octanol–water partition coefficient (Wildman–Crippen LogP) is 4.77. The molecule has 0 fully saturated rings. The van der Waals surface area contributed by atoms with Crippen LogP contribution in [0.15, 0.2) is 47.9 Å². The van der Waals surface area contributed by atoms with Crippen LogP contribution in [0.25, 0.3) is 6.08 Å². The summed E-state index contributed by atoms with van der Waals surface area (Å²) in [6.07, 6.45) is 3.50. The van der Waals surface area contributed by atoms with Crippen LogP contribution in [0.3, 0.4) is 0 Å². The van der Waals surface area contributed by atoms with Crippen molar-refractivity contribution in [3.63, 3.8) is 0 Å². The van der Waals surface area contributed by atoms with Gasteiger partial charge in [0.25, 0.3) is 0 Å². The summed E-state index contributed by atoms with van der Waals surface area (Å²) < 4.78 is 0. The highest BCUT2D eigenvalue weighted by atomic mass is 32.1. The molecule has 1 aromatic heterocycles. The Morgan fingerprint density at radius 3 is 2.44 bits per heavy atom. The van der Waals surface area contributed by atoms with Crippen molar-refractivity contribution in [2.45, 2.75) is 19.8 Å². The fraction of sp³-hybridized carbons (Fsp3) is 0.188. The molecule has 2 aromatic rings. The molecule has 0 aliphatic rings. The first kappa shape index (κ1) is 12.8. The maximum atomic E-state index is 11.8. The van der Waals surface area contributed by atoms with Crippen LogP contribution in [-0.4, -0.2) is 5.78 Å². The number of allylic oxidation sites excluding steroid dienone is 1. The fourth-order valence-electron chi connectivity index (χ4n) is 1.66. The predicted molar refractivity (Wildman–Crippen MR) is 78.2 cm³/mol. The third kappa shape index (κ3) is 3.17. The molecule has 0 unspecified atom stereocenters. The number of ketones is 1. The van der Waals surface area contributed by atoms with Crippen LogP contribution >= 0.6 is 11.3 Å². The van der Waals surface area contributed by atoms with Crippen molar-refractivity contribution in [3.8, 4) is 0 Å². The van der Waals surface area contributed by atoms with Gasteiger partial charge in [0.2, 0.25) is 0 Å². The van der Waals surface area contributed by atoms with E-state index in [4.69, 9.17) is 0 Å². The van der Waals surface area contributed by atoms with E-state index in [1.165, 1.54) is 16.9 Å². The van der Waals surface area contributed by atoms with Gasteiger partial charge < -0.3 is 0 Å². The van der Waals surface area contributed by atoms with Gasteiger partial charge in [0, 0.05) is 0 Å². The van der Waals surface area contributed by atoms with Gasteiger partial charge in [-0.3, -0.25) is 4.79 Å². The van der Waals surface area contributed by atoms with Crippen molar-refractivity contribution < 1.29 is 4.79 Å². The average molecular weight is 256 g/mol. The zero-order valence-electron chi connectivity index (χ0n) is 10.6. The summed E-state index contributed by atoms with van der Waals surface area (Å²) in [5.41, 5.74) is 2.38. The number of carbonyl (C=O) groups is 1. The lowest BCUT2D eigenvalue weighted by Gasteiger charge is -2.04. The van der Waals surface area contributed by atoms with Crippen molar-refractivity contribution in [3.05, 3.63) is 63.9 Å². The smallest absolute Gasteiger partial charge is 0.195 e. The van der Waals surface area contributed by atoms with Crippen LogP contribution < -0.4 is 0 Å². The van der Waals surface area contributed by atoms with Crippen molar-refractivity contribution in [1.82, 2.24) is 0 Å². The monoisotopic (exact) mass is 256 g/mol. The van der Waals surface area contributed by atoms with Crippen molar-refractivity contribution in [2.75, 3.05) is 0 Å². The minimum Gasteiger partial charge on any atom is -0.288 e. The molecule has 18 heavy (non-hydrogen) atoms. The van der Waals surface area contributed by atoms with Crippen LogP contribution in [0, 0.1) is 0 Å². The minimum atomic E-state index is 0.0675. The summed E-state index contributed by atoms with van der Waals surface area (Å²) in [5, 5.41) is 1.92. The molecule has 0 bridgehead atoms. The summed E-state index contributed by atoms with van der Waals surface area (Å²) in [7, 11) is 0. The van der Waals surface area contributed by atoms with Gasteiger partial charge in [0.15, 0.2) is 5.78 Å². The second-order valence-corrected chi connectivity index (χ2v) is 5.44. The third-order valence-corrected chi connectivity index (χ3v) is 3.68. The van der Waals surface area contributed by atoms with Gasteiger partial charge in [-0.25, -0.2) is 0 Å². The second kappa shape index (κ2) is 5.78. The topological polar surface area (TPSA) is 17.1 Å². The number of carbonyl (C=O) groups excluding carboxylic acids is 1. The second-order valence-electron chi connectivity index (χ2n) is 4.50. The molecule has 1 heterocycles. The molecule has 0 N–H and O–H groups in total. The zero-order valence-corrected chi connectivity index (χ0v) is 11.4. The molecular formula is C16H16OS. The first-order chi connectivity index (χ1) is 8.66. The fourth-order valence-corrected chi connectivity index (χ4v) is 2.31. The van der Waals surface area contributed by atoms with Crippen LogP contribution in [0.2, 0.25) is 0 Å². The molecule has 2 heteroatoms. The molecule has 1 nitrogen and oxygen atoms in total. The Bertz CT molecular complexity index is 533. The highest BCUT2D eigenvalue weighted by Gasteiger charge is 2.01. The molecule has 92 valence electrons. The molecule has 0 spiro atoms. The first-order valence-corrected chi connectivity index (χ1v) is 6.90. The molecule has 0 saturated heterocycles. The highest BCUT2D eigenvalue weighted by molar-refractivity contribution is 7.12. The third-order valence-electron chi connectivity index (χ3n) is 2.79. The van der Waals surface area contributed by atoms with E-state index in [0.717, 1.165) is 10.4 Å². The molecule has 0 atom stereocenters.